The van der Waals surface area contributed by atoms with Crippen LogP contribution in [0, 0.1) is 11.3 Å². The van der Waals surface area contributed by atoms with Crippen molar-refractivity contribution >= 4 is 52.3 Å². The van der Waals surface area contributed by atoms with Gasteiger partial charge in [-0.3, -0.25) is 9.69 Å². The Kier molecular flexibility index (Phi) is 7.55. The molecule has 9 nitrogen and oxygen atoms in total. The Morgan fingerprint density at radius 2 is 1.84 bits per heavy atom. The van der Waals surface area contributed by atoms with Gasteiger partial charge in [-0.1, -0.05) is 11.6 Å². The van der Waals surface area contributed by atoms with E-state index in [1.54, 1.807) is 54.1 Å². The number of aromatic nitrogens is 1. The lowest BCUT2D eigenvalue weighted by Crippen LogP contribution is -2.44. The van der Waals surface area contributed by atoms with Crippen molar-refractivity contribution in [1.29, 1.82) is 5.26 Å². The molecule has 0 aliphatic carbocycles. The van der Waals surface area contributed by atoms with Crippen LogP contribution in [0.3, 0.4) is 0 Å². The number of hydrogen-bond acceptors (Lipinski definition) is 7. The number of thiocarbonyl (C=S) groups is 1. The molecule has 4 rings (SSSR count). The van der Waals surface area contributed by atoms with Crippen LogP contribution in [0.25, 0.3) is 0 Å². The summed E-state index contributed by atoms with van der Waals surface area (Å²) < 4.78 is 11.5. The molecule has 200 valence electrons. The Balaban J connectivity index is 1.43. The molecule has 0 saturated carbocycles. The molecule has 2 fully saturated rings. The predicted octanol–water partition coefficient (Wildman–Crippen LogP) is 5.30. The highest BCUT2D eigenvalue weighted by molar-refractivity contribution is 7.81. The normalized spacial score (nSPS) is 18.0. The fraction of sp³-hybridized carbons (Fsp3) is 0.444. The summed E-state index contributed by atoms with van der Waals surface area (Å²) >= 11 is 11.9. The van der Waals surface area contributed by atoms with Crippen molar-refractivity contribution in [2.75, 3.05) is 22.9 Å². The first-order valence-corrected chi connectivity index (χ1v) is 13.1. The summed E-state index contributed by atoms with van der Waals surface area (Å²) in [5.41, 5.74) is -0.0537. The Morgan fingerprint density at radius 1 is 1.18 bits per heavy atom. The third kappa shape index (κ3) is 5.54. The van der Waals surface area contributed by atoms with E-state index in [1.807, 2.05) is 32.9 Å². The number of rotatable bonds is 4. The minimum absolute atomic E-state index is 0.0745. The highest BCUT2D eigenvalue weighted by Crippen LogP contribution is 2.37. The number of anilines is 2. The number of benzene rings is 1. The van der Waals surface area contributed by atoms with Gasteiger partial charge in [0.25, 0.3) is 5.91 Å². The Labute approximate surface area is 232 Å². The van der Waals surface area contributed by atoms with Crippen molar-refractivity contribution in [2.45, 2.75) is 64.7 Å². The van der Waals surface area contributed by atoms with Gasteiger partial charge in [0, 0.05) is 32.0 Å². The molecule has 2 aromatic rings. The first kappa shape index (κ1) is 27.6. The lowest BCUT2D eigenvalue weighted by atomic mass is 10.0. The predicted molar refractivity (Wildman–Crippen MR) is 149 cm³/mol. The van der Waals surface area contributed by atoms with Gasteiger partial charge in [0.2, 0.25) is 5.88 Å². The Bertz CT molecular complexity index is 1290. The summed E-state index contributed by atoms with van der Waals surface area (Å²) in [6.07, 6.45) is 2.58. The molecular formula is C27H30ClN5O4S. The van der Waals surface area contributed by atoms with E-state index in [0.717, 1.165) is 0 Å². The maximum absolute atomic E-state index is 13.4. The smallest absolute Gasteiger partial charge is 0.410 e. The van der Waals surface area contributed by atoms with E-state index in [-0.39, 0.29) is 28.2 Å². The van der Waals surface area contributed by atoms with E-state index >= 15 is 0 Å². The van der Waals surface area contributed by atoms with Crippen LogP contribution in [0.5, 0.6) is 5.88 Å². The zero-order chi connectivity index (χ0) is 27.8. The molecule has 0 atom stereocenters. The van der Waals surface area contributed by atoms with Gasteiger partial charge in [-0.15, -0.1) is 0 Å². The van der Waals surface area contributed by atoms with E-state index in [4.69, 9.17) is 38.6 Å². The first-order valence-electron chi connectivity index (χ1n) is 12.3. The zero-order valence-corrected chi connectivity index (χ0v) is 23.6. The maximum atomic E-state index is 13.4. The molecule has 1 aromatic carbocycles. The second-order valence-electron chi connectivity index (χ2n) is 10.7. The average molecular weight is 556 g/mol. The molecule has 11 heteroatoms. The van der Waals surface area contributed by atoms with E-state index < -0.39 is 11.1 Å². The molecule has 38 heavy (non-hydrogen) atoms. The summed E-state index contributed by atoms with van der Waals surface area (Å²) in [5.74, 6) is 0.231. The van der Waals surface area contributed by atoms with Crippen LogP contribution < -0.4 is 14.5 Å². The molecule has 0 N–H and O–H groups in total. The number of hydrogen-bond donors (Lipinski definition) is 0. The van der Waals surface area contributed by atoms with Gasteiger partial charge in [-0.2, -0.15) is 5.26 Å². The van der Waals surface area contributed by atoms with Crippen LogP contribution in [0.1, 0.15) is 53.0 Å². The van der Waals surface area contributed by atoms with E-state index in [2.05, 4.69) is 4.98 Å². The van der Waals surface area contributed by atoms with Crippen LogP contribution in [-0.4, -0.2) is 57.3 Å². The van der Waals surface area contributed by atoms with Gasteiger partial charge in [-0.05, 0) is 71.1 Å². The number of pyridine rings is 1. The number of carbonyl (C=O) groups is 2. The summed E-state index contributed by atoms with van der Waals surface area (Å²) in [4.78, 5) is 35.0. The van der Waals surface area contributed by atoms with Crippen molar-refractivity contribution < 1.29 is 19.1 Å². The number of amides is 2. The molecule has 2 amide bonds. The van der Waals surface area contributed by atoms with E-state index in [9.17, 15) is 9.59 Å². The molecule has 3 heterocycles. The van der Waals surface area contributed by atoms with Gasteiger partial charge < -0.3 is 19.3 Å². The van der Waals surface area contributed by atoms with Gasteiger partial charge in [0.1, 0.15) is 23.3 Å². The van der Waals surface area contributed by atoms with E-state index in [0.29, 0.717) is 48.7 Å². The topological polar surface area (TPSA) is 99.0 Å². The quantitative estimate of drug-likeness (QED) is 0.469. The van der Waals surface area contributed by atoms with Crippen molar-refractivity contribution in [3.63, 3.8) is 0 Å². The Morgan fingerprint density at radius 3 is 2.39 bits per heavy atom. The standard InChI is InChI=1S/C27H30ClN5O4S/c1-26(2,3)37-25(35)31-12-10-20(11-13-31)36-22-9-8-19(16-30-22)33-24(38)32(23(34)27(33,4)5)18-7-6-17(15-29)21(28)14-18/h6-9,14,16,20H,10-13H2,1-5H3. The average Bonchev–Trinajstić information content (AvgIpc) is 3.02. The maximum Gasteiger partial charge on any atom is 0.410 e. The molecule has 2 aliphatic heterocycles. The van der Waals surface area contributed by atoms with Crippen LogP contribution in [0.4, 0.5) is 16.2 Å². The summed E-state index contributed by atoms with van der Waals surface area (Å²) in [5, 5.41) is 9.69. The summed E-state index contributed by atoms with van der Waals surface area (Å²) in [7, 11) is 0. The minimum Gasteiger partial charge on any atom is -0.474 e. The molecule has 0 unspecified atom stereocenters. The SMILES string of the molecule is CC(C)(C)OC(=O)N1CCC(Oc2ccc(N3C(=S)N(c4ccc(C#N)c(Cl)c4)C(=O)C3(C)C)cn2)CC1. The Hall–Kier alpha value is -3.42. The van der Waals surface area contributed by atoms with Crippen molar-refractivity contribution in [3.8, 4) is 11.9 Å². The number of likely N-dealkylation sites (tertiary alicyclic amines) is 1. The highest BCUT2D eigenvalue weighted by atomic mass is 35.5. The lowest BCUT2D eigenvalue weighted by Gasteiger charge is -2.33. The molecule has 1 aromatic heterocycles. The second-order valence-corrected chi connectivity index (χ2v) is 11.5. The fourth-order valence-electron chi connectivity index (χ4n) is 4.42. The molecular weight excluding hydrogens is 526 g/mol. The van der Waals surface area contributed by atoms with Crippen molar-refractivity contribution in [3.05, 3.63) is 47.1 Å². The van der Waals surface area contributed by atoms with Crippen LogP contribution >= 0.6 is 23.8 Å². The first-order chi connectivity index (χ1) is 17.8. The van der Waals surface area contributed by atoms with Crippen molar-refractivity contribution in [2.24, 2.45) is 0 Å². The monoisotopic (exact) mass is 555 g/mol. The number of carbonyl (C=O) groups excluding carboxylic acids is 2. The van der Waals surface area contributed by atoms with Gasteiger partial charge in [-0.25, -0.2) is 9.78 Å². The molecule has 2 saturated heterocycles. The molecule has 0 spiro atoms. The van der Waals surface area contributed by atoms with Crippen LogP contribution in [0.15, 0.2) is 36.5 Å². The number of nitrogens with zero attached hydrogens (tertiary/aromatic N) is 5. The van der Waals surface area contributed by atoms with Gasteiger partial charge in [0.15, 0.2) is 5.11 Å². The number of ether oxygens (including phenoxy) is 2. The molecule has 0 bridgehead atoms. The zero-order valence-electron chi connectivity index (χ0n) is 22.0. The van der Waals surface area contributed by atoms with E-state index in [1.165, 1.54) is 4.90 Å². The number of nitriles is 1. The fourth-order valence-corrected chi connectivity index (χ4v) is 5.16. The number of piperidine rings is 1. The number of halogens is 1. The third-order valence-corrected chi connectivity index (χ3v) is 7.04. The lowest BCUT2D eigenvalue weighted by molar-refractivity contribution is -0.120. The molecule has 2 aliphatic rings. The highest BCUT2D eigenvalue weighted by Gasteiger charge is 2.50. The van der Waals surface area contributed by atoms with Crippen LogP contribution in [0.2, 0.25) is 5.02 Å². The largest absolute Gasteiger partial charge is 0.474 e. The third-order valence-electron chi connectivity index (χ3n) is 6.36. The summed E-state index contributed by atoms with van der Waals surface area (Å²) in [6.45, 7) is 10.2. The van der Waals surface area contributed by atoms with Gasteiger partial charge >= 0.3 is 6.09 Å². The second kappa shape index (κ2) is 10.4. The van der Waals surface area contributed by atoms with Crippen LogP contribution in [-0.2, 0) is 9.53 Å². The van der Waals surface area contributed by atoms with Crippen molar-refractivity contribution in [1.82, 2.24) is 9.88 Å². The summed E-state index contributed by atoms with van der Waals surface area (Å²) in [6, 6.07) is 10.4. The minimum atomic E-state index is -0.976. The molecule has 0 radical (unpaired) electrons. The van der Waals surface area contributed by atoms with Gasteiger partial charge in [0.05, 0.1) is 28.2 Å².